The fourth-order valence-corrected chi connectivity index (χ4v) is 2.23. The average molecular weight is 496 g/mol. The molecule has 4 saturated heterocycles. The van der Waals surface area contributed by atoms with E-state index in [1.54, 1.807) is 0 Å². The van der Waals surface area contributed by atoms with Crippen LogP contribution in [0.5, 0.6) is 0 Å². The standard InChI is InChI=1S/C6H12N4.3Ag.2H2N/c1-7-2-9-4-8(1)5-10(3-7)6-9;;;;;/h1-6H2;;;;2*1H2/q;3*+1;2*-1. The van der Waals surface area contributed by atoms with E-state index in [1.165, 1.54) is 40.0 Å². The summed E-state index contributed by atoms with van der Waals surface area (Å²) in [4.78, 5) is 9.88. The molecule has 4 aliphatic rings. The average Bonchev–Trinajstić information content (AvgIpc) is 1.82. The van der Waals surface area contributed by atoms with E-state index in [0.29, 0.717) is 0 Å². The van der Waals surface area contributed by atoms with Gasteiger partial charge in [-0.3, -0.25) is 19.6 Å². The molecule has 0 aliphatic carbocycles. The molecule has 4 heterocycles. The molecule has 4 aliphatic heterocycles. The summed E-state index contributed by atoms with van der Waals surface area (Å²) in [6.07, 6.45) is 0. The zero-order chi connectivity index (χ0) is 6.55. The predicted octanol–water partition coefficient (Wildman–Crippen LogP) is 0.407. The molecule has 0 amide bonds. The largest absolute Gasteiger partial charge is 1.00 e. The minimum Gasteiger partial charge on any atom is -0.693 e. The molecule has 0 spiro atoms. The predicted molar refractivity (Wildman–Crippen MR) is 47.1 cm³/mol. The van der Waals surface area contributed by atoms with Crippen molar-refractivity contribution in [1.29, 1.82) is 0 Å². The van der Waals surface area contributed by atoms with Gasteiger partial charge in [0.1, 0.15) is 0 Å². The molecule has 6 nitrogen and oxygen atoms in total. The van der Waals surface area contributed by atoms with Crippen LogP contribution in [0.25, 0.3) is 12.3 Å². The molecule has 0 saturated carbocycles. The van der Waals surface area contributed by atoms with Gasteiger partial charge in [0.05, 0.1) is 40.0 Å². The number of nitrogens with zero attached hydrogens (tertiary/aromatic N) is 4. The number of rotatable bonds is 0. The van der Waals surface area contributed by atoms with E-state index in [-0.39, 0.29) is 79.4 Å². The maximum absolute atomic E-state index is 2.47. The van der Waals surface area contributed by atoms with Gasteiger partial charge in [0.15, 0.2) is 0 Å². The van der Waals surface area contributed by atoms with Gasteiger partial charge in [0.25, 0.3) is 0 Å². The summed E-state index contributed by atoms with van der Waals surface area (Å²) < 4.78 is 0. The Balaban J connectivity index is -0.000000288. The molecule has 0 aromatic rings. The molecular weight excluding hydrogens is 480 g/mol. The Labute approximate surface area is 138 Å². The maximum Gasteiger partial charge on any atom is 1.00 e. The third-order valence-corrected chi connectivity index (χ3v) is 2.40. The van der Waals surface area contributed by atoms with E-state index >= 15 is 0 Å². The van der Waals surface area contributed by atoms with Crippen molar-refractivity contribution in [3.63, 3.8) is 0 Å². The summed E-state index contributed by atoms with van der Waals surface area (Å²) in [5, 5.41) is 0. The van der Waals surface area contributed by atoms with Crippen molar-refractivity contribution >= 4 is 0 Å². The van der Waals surface area contributed by atoms with E-state index in [2.05, 4.69) is 19.6 Å². The normalized spacial score (nSPS) is 38.4. The molecular formula is C6H16Ag3N6+. The smallest absolute Gasteiger partial charge is 0.693 e. The molecule has 15 heavy (non-hydrogen) atoms. The minimum atomic E-state index is 0. The van der Waals surface area contributed by atoms with E-state index in [0.717, 1.165) is 0 Å². The van der Waals surface area contributed by atoms with Crippen molar-refractivity contribution in [1.82, 2.24) is 19.6 Å². The monoisotopic (exact) mass is 493 g/mol. The molecule has 9 heteroatoms. The second-order valence-corrected chi connectivity index (χ2v) is 3.53. The van der Waals surface area contributed by atoms with Crippen LogP contribution < -0.4 is 0 Å². The van der Waals surface area contributed by atoms with Crippen LogP contribution in [-0.2, 0) is 67.1 Å². The SMILES string of the molecule is C1N2CN3CN1CN(C2)C3.[Ag+].[Ag+].[Ag+].[NH2-].[NH2-]. The molecule has 4 rings (SSSR count). The van der Waals surface area contributed by atoms with Gasteiger partial charge in [-0.05, 0) is 0 Å². The number of nitrogens with two attached hydrogens (primary N) is 2. The van der Waals surface area contributed by atoms with Crippen molar-refractivity contribution in [3.05, 3.63) is 12.3 Å². The summed E-state index contributed by atoms with van der Waals surface area (Å²) >= 11 is 0. The van der Waals surface area contributed by atoms with E-state index in [4.69, 9.17) is 0 Å². The van der Waals surface area contributed by atoms with Crippen molar-refractivity contribution in [2.75, 3.05) is 40.0 Å². The Morgan fingerprint density at radius 2 is 0.533 bits per heavy atom. The van der Waals surface area contributed by atoms with Gasteiger partial charge in [0, 0.05) is 0 Å². The quantitative estimate of drug-likeness (QED) is 0.456. The van der Waals surface area contributed by atoms with Crippen LogP contribution in [0.2, 0.25) is 0 Å². The fourth-order valence-electron chi connectivity index (χ4n) is 2.23. The van der Waals surface area contributed by atoms with Gasteiger partial charge in [0.2, 0.25) is 0 Å². The van der Waals surface area contributed by atoms with Crippen LogP contribution in [-0.4, -0.2) is 59.6 Å². The first kappa shape index (κ1) is 22.2. The van der Waals surface area contributed by atoms with Crippen molar-refractivity contribution in [3.8, 4) is 0 Å². The van der Waals surface area contributed by atoms with Crippen molar-refractivity contribution in [2.24, 2.45) is 0 Å². The third-order valence-electron chi connectivity index (χ3n) is 2.40. The van der Waals surface area contributed by atoms with Crippen LogP contribution in [0.4, 0.5) is 0 Å². The Morgan fingerprint density at radius 3 is 0.667 bits per heavy atom. The van der Waals surface area contributed by atoms with Crippen LogP contribution in [0, 0.1) is 0 Å². The Bertz CT molecular complexity index is 114. The molecule has 0 radical (unpaired) electrons. The van der Waals surface area contributed by atoms with E-state index in [9.17, 15) is 0 Å². The van der Waals surface area contributed by atoms with Crippen LogP contribution in [0.3, 0.4) is 0 Å². The maximum atomic E-state index is 2.47. The zero-order valence-corrected chi connectivity index (χ0v) is 12.5. The van der Waals surface area contributed by atoms with Crippen LogP contribution in [0.15, 0.2) is 0 Å². The molecule has 4 N–H and O–H groups in total. The van der Waals surface area contributed by atoms with Crippen molar-refractivity contribution < 1.29 is 67.1 Å². The second kappa shape index (κ2) is 8.98. The first-order chi connectivity index (χ1) is 4.90. The van der Waals surface area contributed by atoms with Gasteiger partial charge in [-0.15, -0.1) is 0 Å². The molecule has 0 unspecified atom stereocenters. The Hall–Kier alpha value is 1.98. The van der Waals surface area contributed by atoms with Crippen LogP contribution >= 0.6 is 0 Å². The number of hydrogen-bond donors (Lipinski definition) is 0. The van der Waals surface area contributed by atoms with E-state index in [1.807, 2.05) is 0 Å². The Morgan fingerprint density at radius 1 is 0.400 bits per heavy atom. The van der Waals surface area contributed by atoms with E-state index < -0.39 is 0 Å². The molecule has 4 bridgehead atoms. The van der Waals surface area contributed by atoms with Crippen molar-refractivity contribution in [2.45, 2.75) is 0 Å². The summed E-state index contributed by atoms with van der Waals surface area (Å²) in [5.74, 6) is 0. The molecule has 0 aromatic carbocycles. The second-order valence-electron chi connectivity index (χ2n) is 3.53. The topological polar surface area (TPSA) is 80.0 Å². The summed E-state index contributed by atoms with van der Waals surface area (Å²) in [7, 11) is 0. The summed E-state index contributed by atoms with van der Waals surface area (Å²) in [5.41, 5.74) is 0. The third kappa shape index (κ3) is 4.63. The van der Waals surface area contributed by atoms with Gasteiger partial charge < -0.3 is 12.3 Å². The molecule has 0 aromatic heterocycles. The molecule has 102 valence electrons. The fraction of sp³-hybridized carbons (Fsp3) is 1.00. The molecule has 4 fully saturated rings. The molecule has 0 atom stereocenters. The first-order valence-electron chi connectivity index (χ1n) is 3.79. The Kier molecular flexibility index (Phi) is 13.3. The van der Waals surface area contributed by atoms with Gasteiger partial charge in [-0.2, -0.15) is 0 Å². The van der Waals surface area contributed by atoms with Gasteiger partial charge >= 0.3 is 67.1 Å². The van der Waals surface area contributed by atoms with Gasteiger partial charge in [-0.1, -0.05) is 0 Å². The zero-order valence-electron chi connectivity index (χ0n) is 8.09. The number of hydrogen-bond acceptors (Lipinski definition) is 4. The van der Waals surface area contributed by atoms with Gasteiger partial charge in [-0.25, -0.2) is 0 Å². The summed E-state index contributed by atoms with van der Waals surface area (Å²) in [6, 6.07) is 0. The summed E-state index contributed by atoms with van der Waals surface area (Å²) in [6.45, 7) is 7.12. The minimum absolute atomic E-state index is 0. The van der Waals surface area contributed by atoms with Crippen LogP contribution in [0.1, 0.15) is 0 Å². The first-order valence-corrected chi connectivity index (χ1v) is 3.79.